The molecule has 0 saturated heterocycles. The first-order chi connectivity index (χ1) is 16.4. The number of carbonyl (C=O) groups is 3. The van der Waals surface area contributed by atoms with Crippen molar-refractivity contribution >= 4 is 23.4 Å². The average Bonchev–Trinajstić information content (AvgIpc) is 2.78. The highest BCUT2D eigenvalue weighted by atomic mass is 19.4. The van der Waals surface area contributed by atoms with Gasteiger partial charge < -0.3 is 9.47 Å². The lowest BCUT2D eigenvalue weighted by Gasteiger charge is -2.27. The number of Topliss-reactive ketones (excluding diaryl/α,β-unsaturated/α-hetero) is 1. The fourth-order valence-electron chi connectivity index (χ4n) is 2.77. The number of hydrogen-bond donors (Lipinski definition) is 1. The van der Waals surface area contributed by atoms with Crippen LogP contribution in [0.2, 0.25) is 0 Å². The molecule has 2 N–H and O–H groups in total. The summed E-state index contributed by atoms with van der Waals surface area (Å²) in [5, 5.41) is -0.274. The fourth-order valence-corrected chi connectivity index (χ4v) is 2.77. The number of amides is 3. The minimum atomic E-state index is -4.87. The fraction of sp³-hybridized carbons (Fsp3) is 0.273. The largest absolute Gasteiger partial charge is 0.467 e. The molecule has 0 spiro atoms. The number of halogens is 4. The van der Waals surface area contributed by atoms with E-state index in [0.29, 0.717) is 6.08 Å². The third-order valence-corrected chi connectivity index (χ3v) is 4.30. The first-order valence-electron chi connectivity index (χ1n) is 10.0. The van der Waals surface area contributed by atoms with E-state index in [9.17, 15) is 31.9 Å². The number of hydrogen-bond acceptors (Lipinski definition) is 7. The van der Waals surface area contributed by atoms with Crippen LogP contribution in [-0.2, 0) is 16.0 Å². The first kappa shape index (κ1) is 27.2. The second-order valence-electron chi connectivity index (χ2n) is 7.07. The lowest BCUT2D eigenvalue weighted by Crippen LogP contribution is -2.52. The van der Waals surface area contributed by atoms with E-state index in [1.807, 2.05) is 0 Å². The maximum atomic E-state index is 15.0. The molecule has 0 atom stereocenters. The summed E-state index contributed by atoms with van der Waals surface area (Å²) >= 11 is 0. The van der Waals surface area contributed by atoms with Crippen molar-refractivity contribution in [3.63, 3.8) is 0 Å². The number of hydrazine groups is 1. The van der Waals surface area contributed by atoms with Gasteiger partial charge >= 0.3 is 12.2 Å². The van der Waals surface area contributed by atoms with Gasteiger partial charge in [-0.15, -0.1) is 0 Å². The molecule has 0 fully saturated rings. The molecule has 0 saturated carbocycles. The predicted molar refractivity (Wildman–Crippen MR) is 116 cm³/mol. The highest BCUT2D eigenvalue weighted by molar-refractivity contribution is 6.18. The molecule has 0 aliphatic heterocycles. The molecule has 35 heavy (non-hydrogen) atoms. The Kier molecular flexibility index (Phi) is 8.89. The van der Waals surface area contributed by atoms with Crippen LogP contribution in [0.5, 0.6) is 17.4 Å². The van der Waals surface area contributed by atoms with Crippen molar-refractivity contribution in [1.29, 1.82) is 0 Å². The van der Waals surface area contributed by atoms with Gasteiger partial charge in [-0.2, -0.15) is 13.2 Å². The van der Waals surface area contributed by atoms with Crippen molar-refractivity contribution < 1.29 is 41.4 Å². The van der Waals surface area contributed by atoms with E-state index in [4.69, 9.17) is 15.3 Å². The molecule has 1 heterocycles. The third kappa shape index (κ3) is 7.24. The van der Waals surface area contributed by atoms with Crippen LogP contribution in [0.25, 0.3) is 0 Å². The molecule has 0 aliphatic carbocycles. The van der Waals surface area contributed by atoms with Crippen LogP contribution >= 0.6 is 0 Å². The number of alkyl halides is 3. The zero-order chi connectivity index (χ0) is 26.3. The number of nitrogens with two attached hydrogens (primary N) is 1. The van der Waals surface area contributed by atoms with Gasteiger partial charge in [-0.3, -0.25) is 14.6 Å². The average molecular weight is 498 g/mol. The third-order valence-electron chi connectivity index (χ3n) is 4.30. The number of rotatable bonds is 9. The maximum Gasteiger partial charge on any atom is 0.407 e. The maximum absolute atomic E-state index is 15.0. The van der Waals surface area contributed by atoms with Crippen LogP contribution < -0.4 is 20.2 Å². The number of carbonyl (C=O) groups excluding carboxylic acids is 3. The Morgan fingerprint density at radius 3 is 2.49 bits per heavy atom. The van der Waals surface area contributed by atoms with E-state index >= 15 is 0 Å². The van der Waals surface area contributed by atoms with Gasteiger partial charge in [-0.25, -0.2) is 24.9 Å². The van der Waals surface area contributed by atoms with E-state index in [-0.39, 0.29) is 51.7 Å². The molecule has 0 radical (unpaired) electrons. The summed E-state index contributed by atoms with van der Waals surface area (Å²) < 4.78 is 64.2. The summed E-state index contributed by atoms with van der Waals surface area (Å²) in [6.07, 6.45) is -2.65. The van der Waals surface area contributed by atoms with Crippen LogP contribution in [-0.4, -0.2) is 47.0 Å². The second kappa shape index (κ2) is 11.4. The summed E-state index contributed by atoms with van der Waals surface area (Å²) in [6, 6.07) is 3.20. The second-order valence-corrected chi connectivity index (χ2v) is 7.07. The van der Waals surface area contributed by atoms with Gasteiger partial charge in [0.15, 0.2) is 11.5 Å². The molecule has 13 heteroatoms. The van der Waals surface area contributed by atoms with Crippen LogP contribution in [0.3, 0.4) is 0 Å². The van der Waals surface area contributed by atoms with Gasteiger partial charge in [0, 0.05) is 12.3 Å². The van der Waals surface area contributed by atoms with Gasteiger partial charge in [-0.05, 0) is 43.2 Å². The summed E-state index contributed by atoms with van der Waals surface area (Å²) in [4.78, 5) is 40.3. The van der Waals surface area contributed by atoms with Crippen LogP contribution in [0.15, 0.2) is 43.1 Å². The first-order valence-corrected chi connectivity index (χ1v) is 10.0. The summed E-state index contributed by atoms with van der Waals surface area (Å²) in [5.74, 6) is 2.49. The number of ether oxygens (including phenoxy) is 2. The lowest BCUT2D eigenvalue weighted by atomic mass is 10.1. The summed E-state index contributed by atoms with van der Waals surface area (Å²) in [6.45, 7) is 3.96. The molecule has 188 valence electrons. The zero-order valence-corrected chi connectivity index (χ0v) is 18.8. The molecule has 1 aromatic carbocycles. The number of anilines is 1. The van der Waals surface area contributed by atoms with Gasteiger partial charge in [0.1, 0.15) is 24.7 Å². The minimum absolute atomic E-state index is 0.0199. The number of benzene rings is 1. The van der Waals surface area contributed by atoms with Gasteiger partial charge in [0.05, 0.1) is 5.69 Å². The summed E-state index contributed by atoms with van der Waals surface area (Å²) in [7, 11) is 0. The zero-order valence-electron chi connectivity index (χ0n) is 18.8. The predicted octanol–water partition coefficient (Wildman–Crippen LogP) is 3.92. The molecule has 0 bridgehead atoms. The van der Waals surface area contributed by atoms with E-state index in [2.05, 4.69) is 11.6 Å². The monoisotopic (exact) mass is 498 g/mol. The standard InChI is InChI=1S/C22H22F4N4O5/c1-4-14-9-15(23)16(30(19(32)5-2)21(33)29(27)12-22(24,25)26)10-18(14)35-17-7-6-8-28-20(17)34-11-13(3)31/h5-10H,2,4,11-12,27H2,1,3H3. The minimum Gasteiger partial charge on any atom is -0.467 e. The van der Waals surface area contributed by atoms with Crippen molar-refractivity contribution in [2.45, 2.75) is 26.4 Å². The van der Waals surface area contributed by atoms with Crippen molar-refractivity contribution in [1.82, 2.24) is 9.99 Å². The molecule has 0 unspecified atom stereocenters. The van der Waals surface area contributed by atoms with Crippen molar-refractivity contribution in [3.05, 3.63) is 54.5 Å². The van der Waals surface area contributed by atoms with Crippen molar-refractivity contribution in [3.8, 4) is 17.4 Å². The number of aromatic nitrogens is 1. The van der Waals surface area contributed by atoms with E-state index in [1.165, 1.54) is 25.3 Å². The molecular weight excluding hydrogens is 476 g/mol. The number of ketones is 1. The number of aryl methyl sites for hydroxylation is 1. The highest BCUT2D eigenvalue weighted by Gasteiger charge is 2.36. The Morgan fingerprint density at radius 2 is 1.91 bits per heavy atom. The normalized spacial score (nSPS) is 10.9. The molecular formula is C22H22F4N4O5. The SMILES string of the molecule is C=CC(=O)N(C(=O)N(N)CC(F)(F)F)c1cc(Oc2cccnc2OCC(C)=O)c(CC)cc1F. The highest BCUT2D eigenvalue weighted by Crippen LogP contribution is 2.36. The Bertz CT molecular complexity index is 1120. The number of nitrogens with zero attached hydrogens (tertiary/aromatic N) is 3. The Balaban J connectivity index is 2.54. The van der Waals surface area contributed by atoms with E-state index in [1.54, 1.807) is 6.92 Å². The summed E-state index contributed by atoms with van der Waals surface area (Å²) in [5.41, 5.74) is -0.439. The van der Waals surface area contributed by atoms with Crippen molar-refractivity contribution in [2.24, 2.45) is 5.84 Å². The Labute approximate surface area is 197 Å². The molecule has 9 nitrogen and oxygen atoms in total. The Morgan fingerprint density at radius 1 is 1.23 bits per heavy atom. The number of pyridine rings is 1. The van der Waals surface area contributed by atoms with Gasteiger partial charge in [-0.1, -0.05) is 13.5 Å². The lowest BCUT2D eigenvalue weighted by molar-refractivity contribution is -0.140. The molecule has 1 aromatic heterocycles. The number of urea groups is 1. The molecule has 3 amide bonds. The molecule has 0 aliphatic rings. The van der Waals surface area contributed by atoms with Crippen LogP contribution in [0, 0.1) is 5.82 Å². The van der Waals surface area contributed by atoms with Gasteiger partial charge in [0.2, 0.25) is 0 Å². The smallest absolute Gasteiger partial charge is 0.407 e. The van der Waals surface area contributed by atoms with Crippen LogP contribution in [0.4, 0.5) is 28.0 Å². The van der Waals surface area contributed by atoms with E-state index < -0.39 is 36.2 Å². The quantitative estimate of drug-likeness (QED) is 0.183. The Hall–Kier alpha value is -4.00. The molecule has 2 rings (SSSR count). The van der Waals surface area contributed by atoms with Gasteiger partial charge in [0.25, 0.3) is 11.8 Å². The van der Waals surface area contributed by atoms with Crippen LogP contribution in [0.1, 0.15) is 19.4 Å². The van der Waals surface area contributed by atoms with Crippen molar-refractivity contribution in [2.75, 3.05) is 18.1 Å². The van der Waals surface area contributed by atoms with E-state index in [0.717, 1.165) is 12.1 Å². The topological polar surface area (TPSA) is 115 Å². The number of imide groups is 1. The molecule has 2 aromatic rings.